The van der Waals surface area contributed by atoms with Gasteiger partial charge in [-0.15, -0.1) is 0 Å². The van der Waals surface area contributed by atoms with Crippen molar-refractivity contribution in [2.24, 2.45) is 0 Å². The number of rotatable bonds is 3. The number of aryl methyl sites for hydroxylation is 2. The molecule has 2 heteroatoms. The molecule has 0 aliphatic heterocycles. The summed E-state index contributed by atoms with van der Waals surface area (Å²) in [6.07, 6.45) is 0. The van der Waals surface area contributed by atoms with Crippen LogP contribution in [0.5, 0.6) is 11.5 Å². The van der Waals surface area contributed by atoms with Crippen LogP contribution in [0.25, 0.3) is 0 Å². The van der Waals surface area contributed by atoms with Gasteiger partial charge in [-0.05, 0) is 37.1 Å². The molecule has 17 heavy (non-hydrogen) atoms. The molecule has 0 fully saturated rings. The van der Waals surface area contributed by atoms with E-state index in [9.17, 15) is 5.11 Å². The molecular formula is C15H16O2. The van der Waals surface area contributed by atoms with E-state index >= 15 is 0 Å². The zero-order valence-electron chi connectivity index (χ0n) is 10.1. The molecule has 0 atom stereocenters. The molecule has 2 aromatic carbocycles. The van der Waals surface area contributed by atoms with Crippen LogP contribution in [0.4, 0.5) is 0 Å². The van der Waals surface area contributed by atoms with Gasteiger partial charge in [0.1, 0.15) is 18.1 Å². The first-order chi connectivity index (χ1) is 8.13. The second-order valence-corrected chi connectivity index (χ2v) is 4.28. The van der Waals surface area contributed by atoms with Gasteiger partial charge in [0.05, 0.1) is 0 Å². The van der Waals surface area contributed by atoms with Crippen LogP contribution in [0.2, 0.25) is 0 Å². The van der Waals surface area contributed by atoms with Crippen molar-refractivity contribution < 1.29 is 9.84 Å². The lowest BCUT2D eigenvalue weighted by Crippen LogP contribution is -1.95. The third kappa shape index (κ3) is 3.25. The highest BCUT2D eigenvalue weighted by atomic mass is 16.5. The van der Waals surface area contributed by atoms with Crippen LogP contribution < -0.4 is 4.74 Å². The van der Waals surface area contributed by atoms with Crippen molar-refractivity contribution in [1.29, 1.82) is 0 Å². The molecule has 1 N–H and O–H groups in total. The lowest BCUT2D eigenvalue weighted by molar-refractivity contribution is 0.304. The summed E-state index contributed by atoms with van der Waals surface area (Å²) >= 11 is 0. The van der Waals surface area contributed by atoms with Crippen LogP contribution in [-0.2, 0) is 6.61 Å². The first-order valence-corrected chi connectivity index (χ1v) is 5.62. The maximum atomic E-state index is 9.45. The van der Waals surface area contributed by atoms with Crippen LogP contribution in [0.15, 0.2) is 42.5 Å². The fourth-order valence-corrected chi connectivity index (χ4v) is 1.66. The number of benzene rings is 2. The van der Waals surface area contributed by atoms with E-state index in [1.807, 2.05) is 25.1 Å². The molecule has 2 rings (SSSR count). The predicted molar refractivity (Wildman–Crippen MR) is 68.4 cm³/mol. The average molecular weight is 228 g/mol. The molecule has 0 radical (unpaired) electrons. The SMILES string of the molecule is Cc1ccc(COc2cc(C)cc(O)c2)cc1. The van der Waals surface area contributed by atoms with Gasteiger partial charge >= 0.3 is 0 Å². The Kier molecular flexibility index (Phi) is 3.33. The quantitative estimate of drug-likeness (QED) is 0.870. The zero-order chi connectivity index (χ0) is 12.3. The Morgan fingerprint density at radius 2 is 1.65 bits per heavy atom. The first-order valence-electron chi connectivity index (χ1n) is 5.62. The molecule has 0 amide bonds. The van der Waals surface area contributed by atoms with Crippen molar-refractivity contribution in [3.8, 4) is 11.5 Å². The predicted octanol–water partition coefficient (Wildman–Crippen LogP) is 3.59. The van der Waals surface area contributed by atoms with Gasteiger partial charge in [0.25, 0.3) is 0 Å². The number of phenols is 1. The smallest absolute Gasteiger partial charge is 0.123 e. The Balaban J connectivity index is 2.04. The molecule has 0 aliphatic rings. The lowest BCUT2D eigenvalue weighted by atomic mass is 10.2. The highest BCUT2D eigenvalue weighted by Crippen LogP contribution is 2.22. The number of phenolic OH excluding ortho intramolecular Hbond substituents is 1. The second kappa shape index (κ2) is 4.91. The molecule has 0 aliphatic carbocycles. The Labute approximate surface area is 101 Å². The number of ether oxygens (including phenoxy) is 1. The van der Waals surface area contributed by atoms with E-state index < -0.39 is 0 Å². The Bertz CT molecular complexity index is 481. The summed E-state index contributed by atoms with van der Waals surface area (Å²) in [4.78, 5) is 0. The second-order valence-electron chi connectivity index (χ2n) is 4.28. The monoisotopic (exact) mass is 228 g/mol. The van der Waals surface area contributed by atoms with Gasteiger partial charge in [0.2, 0.25) is 0 Å². The van der Waals surface area contributed by atoms with Crippen LogP contribution in [0.1, 0.15) is 16.7 Å². The van der Waals surface area contributed by atoms with Crippen molar-refractivity contribution in [3.63, 3.8) is 0 Å². The standard InChI is InChI=1S/C15H16O2/c1-11-3-5-13(6-4-11)10-17-15-8-12(2)7-14(16)9-15/h3-9,16H,10H2,1-2H3. The van der Waals surface area contributed by atoms with Crippen molar-refractivity contribution >= 4 is 0 Å². The van der Waals surface area contributed by atoms with E-state index in [1.165, 1.54) is 5.56 Å². The first kappa shape index (κ1) is 11.5. The minimum absolute atomic E-state index is 0.240. The van der Waals surface area contributed by atoms with Gasteiger partial charge in [0.15, 0.2) is 0 Å². The fraction of sp³-hybridized carbons (Fsp3) is 0.200. The van der Waals surface area contributed by atoms with E-state index in [2.05, 4.69) is 19.1 Å². The van der Waals surface area contributed by atoms with Gasteiger partial charge in [0, 0.05) is 6.07 Å². The van der Waals surface area contributed by atoms with E-state index in [4.69, 9.17) is 4.74 Å². The molecule has 0 spiro atoms. The molecule has 0 saturated carbocycles. The minimum atomic E-state index is 0.240. The third-order valence-electron chi connectivity index (χ3n) is 2.56. The maximum absolute atomic E-state index is 9.45. The summed E-state index contributed by atoms with van der Waals surface area (Å²) in [5.74, 6) is 0.937. The van der Waals surface area contributed by atoms with Crippen LogP contribution in [-0.4, -0.2) is 5.11 Å². The Morgan fingerprint density at radius 1 is 0.941 bits per heavy atom. The van der Waals surface area contributed by atoms with Gasteiger partial charge in [-0.1, -0.05) is 29.8 Å². The summed E-state index contributed by atoms with van der Waals surface area (Å²) in [5.41, 5.74) is 3.35. The Morgan fingerprint density at radius 3 is 2.29 bits per heavy atom. The highest BCUT2D eigenvalue weighted by molar-refractivity contribution is 5.37. The van der Waals surface area contributed by atoms with Gasteiger partial charge in [-0.3, -0.25) is 0 Å². The molecule has 2 aromatic rings. The minimum Gasteiger partial charge on any atom is -0.508 e. The normalized spacial score (nSPS) is 10.2. The molecule has 0 unspecified atom stereocenters. The molecule has 0 saturated heterocycles. The van der Waals surface area contributed by atoms with E-state index in [0.29, 0.717) is 12.4 Å². The van der Waals surface area contributed by atoms with Crippen molar-refractivity contribution in [2.75, 3.05) is 0 Å². The summed E-state index contributed by atoms with van der Waals surface area (Å²) in [7, 11) is 0. The molecule has 0 bridgehead atoms. The van der Waals surface area contributed by atoms with Gasteiger partial charge in [-0.2, -0.15) is 0 Å². The summed E-state index contributed by atoms with van der Waals surface area (Å²) in [5, 5.41) is 9.45. The highest BCUT2D eigenvalue weighted by Gasteiger charge is 1.99. The summed E-state index contributed by atoms with van der Waals surface area (Å²) < 4.78 is 5.63. The topological polar surface area (TPSA) is 29.5 Å². The van der Waals surface area contributed by atoms with E-state index in [1.54, 1.807) is 12.1 Å². The average Bonchev–Trinajstić information content (AvgIpc) is 2.27. The maximum Gasteiger partial charge on any atom is 0.123 e. The van der Waals surface area contributed by atoms with Crippen LogP contribution >= 0.6 is 0 Å². The largest absolute Gasteiger partial charge is 0.508 e. The van der Waals surface area contributed by atoms with Crippen molar-refractivity contribution in [3.05, 3.63) is 59.2 Å². The molecule has 88 valence electrons. The molecule has 0 heterocycles. The van der Waals surface area contributed by atoms with Crippen LogP contribution in [0.3, 0.4) is 0 Å². The number of hydrogen-bond donors (Lipinski definition) is 1. The summed E-state index contributed by atoms with van der Waals surface area (Å²) in [6.45, 7) is 4.50. The van der Waals surface area contributed by atoms with Gasteiger partial charge < -0.3 is 9.84 Å². The zero-order valence-corrected chi connectivity index (χ0v) is 10.1. The summed E-state index contributed by atoms with van der Waals surface area (Å²) in [6, 6.07) is 13.5. The van der Waals surface area contributed by atoms with Crippen molar-refractivity contribution in [1.82, 2.24) is 0 Å². The lowest BCUT2D eigenvalue weighted by Gasteiger charge is -2.08. The number of hydrogen-bond acceptors (Lipinski definition) is 2. The molecular weight excluding hydrogens is 212 g/mol. The van der Waals surface area contributed by atoms with E-state index in [0.717, 1.165) is 11.1 Å². The number of aromatic hydroxyl groups is 1. The Hall–Kier alpha value is -1.96. The van der Waals surface area contributed by atoms with Gasteiger partial charge in [-0.25, -0.2) is 0 Å². The van der Waals surface area contributed by atoms with Crippen molar-refractivity contribution in [2.45, 2.75) is 20.5 Å². The fourth-order valence-electron chi connectivity index (χ4n) is 1.66. The molecule has 2 nitrogen and oxygen atoms in total. The van der Waals surface area contributed by atoms with Crippen LogP contribution in [0, 0.1) is 13.8 Å². The third-order valence-corrected chi connectivity index (χ3v) is 2.56. The molecule has 0 aromatic heterocycles. The van der Waals surface area contributed by atoms with E-state index in [-0.39, 0.29) is 5.75 Å².